The van der Waals surface area contributed by atoms with Gasteiger partial charge >= 0.3 is 0 Å². The van der Waals surface area contributed by atoms with Gasteiger partial charge in [-0.1, -0.05) is 59.6 Å². The molecule has 0 N–H and O–H groups in total. The molecule has 0 saturated carbocycles. The molecule has 0 saturated heterocycles. The van der Waals surface area contributed by atoms with Gasteiger partial charge in [0.15, 0.2) is 0 Å². The van der Waals surface area contributed by atoms with Gasteiger partial charge in [0, 0.05) is 39.6 Å². The number of rotatable bonds is 2. The molecule has 29 heavy (non-hydrogen) atoms. The van der Waals surface area contributed by atoms with Crippen LogP contribution in [0.25, 0.3) is 38.6 Å². The molecule has 2 aromatic heterocycles. The summed E-state index contributed by atoms with van der Waals surface area (Å²) in [6.45, 7) is 0. The summed E-state index contributed by atoms with van der Waals surface area (Å²) >= 11 is 12.6. The van der Waals surface area contributed by atoms with Crippen LogP contribution in [0.5, 0.6) is 0 Å². The molecule has 0 fully saturated rings. The lowest BCUT2D eigenvalue weighted by Gasteiger charge is -2.18. The van der Waals surface area contributed by atoms with Gasteiger partial charge in [-0.25, -0.2) is 0 Å². The molecule has 2 heterocycles. The number of pyridine rings is 1. The van der Waals surface area contributed by atoms with Crippen molar-refractivity contribution in [2.75, 3.05) is 0 Å². The number of hydrogen-bond donors (Lipinski definition) is 0. The van der Waals surface area contributed by atoms with Crippen molar-refractivity contribution in [2.24, 2.45) is 7.05 Å². The third-order valence-electron chi connectivity index (χ3n) is 5.29. The topological polar surface area (TPSA) is 26.9 Å². The molecular weight excluding hydrogens is 403 g/mol. The maximum atomic E-state index is 13.6. The second-order valence-corrected chi connectivity index (χ2v) is 7.88. The van der Waals surface area contributed by atoms with Crippen LogP contribution in [0.15, 0.2) is 83.8 Å². The van der Waals surface area contributed by atoms with Gasteiger partial charge in [0.25, 0.3) is 5.56 Å². The SMILES string of the molecule is Cn1c(=O)c(-n2ccc3ccc(Cl)cc32)c(-c2ccccc2)c2cc(Cl)ccc21. The van der Waals surface area contributed by atoms with Crippen LogP contribution in [0.1, 0.15) is 0 Å². The Morgan fingerprint density at radius 3 is 2.31 bits per heavy atom. The van der Waals surface area contributed by atoms with Crippen molar-refractivity contribution < 1.29 is 0 Å². The number of halogens is 2. The minimum absolute atomic E-state index is 0.0869. The summed E-state index contributed by atoms with van der Waals surface area (Å²) in [5, 5.41) is 3.19. The predicted octanol–water partition coefficient (Wildman–Crippen LogP) is 6.46. The van der Waals surface area contributed by atoms with Gasteiger partial charge in [-0.2, -0.15) is 0 Å². The van der Waals surface area contributed by atoms with E-state index in [1.807, 2.05) is 83.6 Å². The molecule has 0 amide bonds. The van der Waals surface area contributed by atoms with Crippen molar-refractivity contribution >= 4 is 45.0 Å². The highest BCUT2D eigenvalue weighted by Crippen LogP contribution is 2.35. The monoisotopic (exact) mass is 418 g/mol. The van der Waals surface area contributed by atoms with Gasteiger partial charge in [0.2, 0.25) is 0 Å². The molecule has 0 unspecified atom stereocenters. The van der Waals surface area contributed by atoms with E-state index in [4.69, 9.17) is 23.2 Å². The Balaban J connectivity index is 2.01. The van der Waals surface area contributed by atoms with Crippen LogP contribution in [-0.2, 0) is 7.05 Å². The Morgan fingerprint density at radius 1 is 0.793 bits per heavy atom. The lowest BCUT2D eigenvalue weighted by molar-refractivity contribution is 0.885. The highest BCUT2D eigenvalue weighted by molar-refractivity contribution is 6.31. The minimum Gasteiger partial charge on any atom is -0.311 e. The van der Waals surface area contributed by atoms with E-state index >= 15 is 0 Å². The molecular formula is C24H16Cl2N2O. The van der Waals surface area contributed by atoms with Crippen molar-refractivity contribution in [3.8, 4) is 16.8 Å². The van der Waals surface area contributed by atoms with E-state index in [1.54, 1.807) is 11.6 Å². The molecule has 5 aromatic rings. The van der Waals surface area contributed by atoms with E-state index in [2.05, 4.69) is 0 Å². The number of aromatic nitrogens is 2. The van der Waals surface area contributed by atoms with Crippen LogP contribution in [-0.4, -0.2) is 9.13 Å². The molecule has 142 valence electrons. The second-order valence-electron chi connectivity index (χ2n) is 7.00. The van der Waals surface area contributed by atoms with Crippen molar-refractivity contribution in [3.05, 3.63) is 99.4 Å². The van der Waals surface area contributed by atoms with Gasteiger partial charge in [0.05, 0.1) is 11.0 Å². The van der Waals surface area contributed by atoms with E-state index in [0.29, 0.717) is 15.7 Å². The summed E-state index contributed by atoms with van der Waals surface area (Å²) in [6, 6.07) is 23.2. The summed E-state index contributed by atoms with van der Waals surface area (Å²) in [7, 11) is 1.79. The van der Waals surface area contributed by atoms with Crippen LogP contribution >= 0.6 is 23.2 Å². The maximum Gasteiger partial charge on any atom is 0.275 e. The molecule has 3 aromatic carbocycles. The fourth-order valence-electron chi connectivity index (χ4n) is 3.92. The van der Waals surface area contributed by atoms with Crippen molar-refractivity contribution in [1.29, 1.82) is 0 Å². The third kappa shape index (κ3) is 2.86. The second kappa shape index (κ2) is 6.80. The highest BCUT2D eigenvalue weighted by atomic mass is 35.5. The Labute approximate surface area is 177 Å². The Hall–Kier alpha value is -3.01. The molecule has 0 bridgehead atoms. The van der Waals surface area contributed by atoms with Gasteiger partial charge < -0.3 is 9.13 Å². The number of fused-ring (bicyclic) bond motifs is 2. The molecule has 0 aliphatic carbocycles. The first kappa shape index (κ1) is 18.0. The summed E-state index contributed by atoms with van der Waals surface area (Å²) in [5.41, 5.74) is 4.01. The Morgan fingerprint density at radius 2 is 1.52 bits per heavy atom. The van der Waals surface area contributed by atoms with Gasteiger partial charge in [-0.3, -0.25) is 4.79 Å². The van der Waals surface area contributed by atoms with Crippen molar-refractivity contribution in [2.45, 2.75) is 0 Å². The number of benzene rings is 3. The van der Waals surface area contributed by atoms with Crippen molar-refractivity contribution in [3.63, 3.8) is 0 Å². The Kier molecular flexibility index (Phi) is 4.23. The molecule has 0 aliphatic rings. The maximum absolute atomic E-state index is 13.6. The Bertz CT molecular complexity index is 1450. The van der Waals surface area contributed by atoms with E-state index in [1.165, 1.54) is 0 Å². The molecule has 0 spiro atoms. The van der Waals surface area contributed by atoms with Gasteiger partial charge in [-0.15, -0.1) is 0 Å². The molecule has 0 atom stereocenters. The van der Waals surface area contributed by atoms with E-state index < -0.39 is 0 Å². The van der Waals surface area contributed by atoms with E-state index in [0.717, 1.165) is 32.9 Å². The summed E-state index contributed by atoms with van der Waals surface area (Å²) in [4.78, 5) is 13.6. The number of aryl methyl sites for hydroxylation is 1. The average molecular weight is 419 g/mol. The zero-order valence-corrected chi connectivity index (χ0v) is 17.1. The quantitative estimate of drug-likeness (QED) is 0.323. The zero-order chi connectivity index (χ0) is 20.1. The fraction of sp³-hybridized carbons (Fsp3) is 0.0417. The average Bonchev–Trinajstić information content (AvgIpc) is 3.13. The molecule has 5 heteroatoms. The zero-order valence-electron chi connectivity index (χ0n) is 15.6. The number of nitrogens with zero attached hydrogens (tertiary/aromatic N) is 2. The van der Waals surface area contributed by atoms with Crippen LogP contribution < -0.4 is 5.56 Å². The van der Waals surface area contributed by atoms with E-state index in [-0.39, 0.29) is 5.56 Å². The highest BCUT2D eigenvalue weighted by Gasteiger charge is 2.20. The van der Waals surface area contributed by atoms with Crippen LogP contribution in [0, 0.1) is 0 Å². The standard InChI is InChI=1S/C24H16Cl2N2O/c1-27-20-10-9-17(25)13-19(20)22(16-5-3-2-4-6-16)23(24(27)29)28-12-11-15-7-8-18(26)14-21(15)28/h2-14H,1H3. The van der Waals surface area contributed by atoms with Crippen LogP contribution in [0.2, 0.25) is 10.0 Å². The minimum atomic E-state index is -0.0869. The first-order chi connectivity index (χ1) is 14.0. The van der Waals surface area contributed by atoms with Gasteiger partial charge in [0.1, 0.15) is 5.69 Å². The summed E-state index contributed by atoms with van der Waals surface area (Å²) < 4.78 is 3.59. The summed E-state index contributed by atoms with van der Waals surface area (Å²) in [5.74, 6) is 0. The molecule has 0 aliphatic heterocycles. The first-order valence-corrected chi connectivity index (χ1v) is 9.95. The van der Waals surface area contributed by atoms with Gasteiger partial charge in [-0.05, 0) is 42.0 Å². The number of hydrogen-bond acceptors (Lipinski definition) is 1. The third-order valence-corrected chi connectivity index (χ3v) is 5.76. The largest absolute Gasteiger partial charge is 0.311 e. The lowest BCUT2D eigenvalue weighted by atomic mass is 9.98. The normalized spacial score (nSPS) is 11.4. The van der Waals surface area contributed by atoms with Crippen molar-refractivity contribution in [1.82, 2.24) is 9.13 Å². The smallest absolute Gasteiger partial charge is 0.275 e. The van der Waals surface area contributed by atoms with E-state index in [9.17, 15) is 4.79 Å². The summed E-state index contributed by atoms with van der Waals surface area (Å²) in [6.07, 6.45) is 1.92. The fourth-order valence-corrected chi connectivity index (χ4v) is 4.26. The predicted molar refractivity (Wildman–Crippen MR) is 121 cm³/mol. The van der Waals surface area contributed by atoms with Crippen LogP contribution in [0.4, 0.5) is 0 Å². The molecule has 3 nitrogen and oxygen atoms in total. The lowest BCUT2D eigenvalue weighted by Crippen LogP contribution is -2.23. The molecule has 0 radical (unpaired) electrons. The first-order valence-electron chi connectivity index (χ1n) is 9.19. The van der Waals surface area contributed by atoms with Crippen LogP contribution in [0.3, 0.4) is 0 Å². The molecule has 5 rings (SSSR count).